The Morgan fingerprint density at radius 1 is 1.64 bits per heavy atom. The second kappa shape index (κ2) is 5.11. The third-order valence-corrected chi connectivity index (χ3v) is 1.47. The van der Waals surface area contributed by atoms with E-state index in [9.17, 15) is 4.79 Å². The van der Waals surface area contributed by atoms with Gasteiger partial charge < -0.3 is 4.74 Å². The topological polar surface area (TPSA) is 52.1 Å². The van der Waals surface area contributed by atoms with Gasteiger partial charge in [-0.1, -0.05) is 0 Å². The van der Waals surface area contributed by atoms with Crippen molar-refractivity contribution in [2.75, 3.05) is 6.61 Å². The van der Waals surface area contributed by atoms with Gasteiger partial charge >= 0.3 is 5.97 Å². The molecule has 74 valence electrons. The first kappa shape index (κ1) is 10.4. The van der Waals surface area contributed by atoms with Gasteiger partial charge in [0.25, 0.3) is 0 Å². The summed E-state index contributed by atoms with van der Waals surface area (Å²) in [5.74, 6) is 0.319. The number of carbonyl (C=O) groups is 1. The summed E-state index contributed by atoms with van der Waals surface area (Å²) in [6, 6.07) is 1.72. The fourth-order valence-electron chi connectivity index (χ4n) is 0.911. The molecule has 1 rings (SSSR count). The minimum atomic E-state index is -0.358. The summed E-state index contributed by atoms with van der Waals surface area (Å²) in [7, 11) is 0. The van der Waals surface area contributed by atoms with Crippen LogP contribution in [-0.2, 0) is 9.53 Å². The molecule has 0 atom stereocenters. The highest BCUT2D eigenvalue weighted by molar-refractivity contribution is 5.86. The van der Waals surface area contributed by atoms with Crippen LogP contribution in [0, 0.1) is 6.92 Å². The van der Waals surface area contributed by atoms with Crippen LogP contribution in [0.25, 0.3) is 6.08 Å². The highest BCUT2D eigenvalue weighted by Gasteiger charge is 1.94. The molecule has 0 amide bonds. The molecule has 14 heavy (non-hydrogen) atoms. The Bertz CT molecular complexity index is 348. The maximum absolute atomic E-state index is 10.9. The Morgan fingerprint density at radius 3 is 3.07 bits per heavy atom. The van der Waals surface area contributed by atoms with Gasteiger partial charge in [0.1, 0.15) is 5.82 Å². The molecule has 0 radical (unpaired) electrons. The summed E-state index contributed by atoms with van der Waals surface area (Å²) in [4.78, 5) is 19.0. The largest absolute Gasteiger partial charge is 0.463 e. The van der Waals surface area contributed by atoms with Crippen LogP contribution in [0.5, 0.6) is 0 Å². The lowest BCUT2D eigenvalue weighted by molar-refractivity contribution is -0.137. The van der Waals surface area contributed by atoms with Gasteiger partial charge in [0.15, 0.2) is 0 Å². The van der Waals surface area contributed by atoms with E-state index in [-0.39, 0.29) is 5.97 Å². The normalized spacial score (nSPS) is 10.4. The van der Waals surface area contributed by atoms with Gasteiger partial charge in [-0.05, 0) is 26.0 Å². The van der Waals surface area contributed by atoms with E-state index in [2.05, 4.69) is 9.97 Å². The van der Waals surface area contributed by atoms with E-state index in [0.29, 0.717) is 18.1 Å². The summed E-state index contributed by atoms with van der Waals surface area (Å²) in [5, 5.41) is 0. The molecule has 4 heteroatoms. The predicted molar refractivity (Wildman–Crippen MR) is 52.4 cm³/mol. The van der Waals surface area contributed by atoms with Crippen LogP contribution < -0.4 is 0 Å². The van der Waals surface area contributed by atoms with Crippen molar-refractivity contribution in [1.82, 2.24) is 9.97 Å². The number of hydrogen-bond acceptors (Lipinski definition) is 4. The first-order valence-electron chi connectivity index (χ1n) is 4.37. The molecule has 0 aromatic carbocycles. The Labute approximate surface area is 82.6 Å². The highest BCUT2D eigenvalue weighted by atomic mass is 16.5. The number of esters is 1. The smallest absolute Gasteiger partial charge is 0.330 e. The standard InChI is InChI=1S/C10H12N2O2/c1-3-14-10(13)5-4-9-6-7-11-8(2)12-9/h4-7H,3H2,1-2H3/b5-4+. The van der Waals surface area contributed by atoms with E-state index in [4.69, 9.17) is 4.74 Å². The van der Waals surface area contributed by atoms with Gasteiger partial charge in [-0.3, -0.25) is 0 Å². The summed E-state index contributed by atoms with van der Waals surface area (Å²) in [6.45, 7) is 3.94. The maximum Gasteiger partial charge on any atom is 0.330 e. The van der Waals surface area contributed by atoms with Gasteiger partial charge in [0.05, 0.1) is 12.3 Å². The van der Waals surface area contributed by atoms with Crippen LogP contribution in [0.1, 0.15) is 18.4 Å². The van der Waals surface area contributed by atoms with Crippen LogP contribution in [0.2, 0.25) is 0 Å². The van der Waals surface area contributed by atoms with Crippen LogP contribution in [0.4, 0.5) is 0 Å². The lowest BCUT2D eigenvalue weighted by Crippen LogP contribution is -1.99. The molecular weight excluding hydrogens is 180 g/mol. The Kier molecular flexibility index (Phi) is 3.79. The van der Waals surface area contributed by atoms with Crippen molar-refractivity contribution in [3.05, 3.63) is 29.9 Å². The fraction of sp³-hybridized carbons (Fsp3) is 0.300. The molecule has 0 spiro atoms. The Morgan fingerprint density at radius 2 is 2.43 bits per heavy atom. The molecule has 0 saturated carbocycles. The van der Waals surface area contributed by atoms with E-state index in [1.54, 1.807) is 32.2 Å². The number of aryl methyl sites for hydroxylation is 1. The van der Waals surface area contributed by atoms with Gasteiger partial charge in [-0.15, -0.1) is 0 Å². The van der Waals surface area contributed by atoms with Crippen LogP contribution in [0.15, 0.2) is 18.3 Å². The molecule has 4 nitrogen and oxygen atoms in total. The van der Waals surface area contributed by atoms with Crippen LogP contribution in [0.3, 0.4) is 0 Å². The molecule has 1 aromatic rings. The van der Waals surface area contributed by atoms with Crippen molar-refractivity contribution < 1.29 is 9.53 Å². The quantitative estimate of drug-likeness (QED) is 0.536. The minimum Gasteiger partial charge on any atom is -0.463 e. The van der Waals surface area contributed by atoms with Crippen LogP contribution >= 0.6 is 0 Å². The number of rotatable bonds is 3. The molecule has 1 heterocycles. The maximum atomic E-state index is 10.9. The summed E-state index contributed by atoms with van der Waals surface area (Å²) >= 11 is 0. The zero-order valence-corrected chi connectivity index (χ0v) is 8.23. The lowest BCUT2D eigenvalue weighted by Gasteiger charge is -1.95. The van der Waals surface area contributed by atoms with Gasteiger partial charge in [-0.2, -0.15) is 0 Å². The minimum absolute atomic E-state index is 0.358. The highest BCUT2D eigenvalue weighted by Crippen LogP contribution is 1.97. The van der Waals surface area contributed by atoms with Crippen molar-refractivity contribution in [3.63, 3.8) is 0 Å². The number of ether oxygens (including phenoxy) is 1. The number of carbonyl (C=O) groups excluding carboxylic acids is 1. The van der Waals surface area contributed by atoms with E-state index < -0.39 is 0 Å². The molecule has 0 aliphatic heterocycles. The van der Waals surface area contributed by atoms with E-state index in [0.717, 1.165) is 0 Å². The molecule has 0 N–H and O–H groups in total. The molecule has 0 fully saturated rings. The summed E-state index contributed by atoms with van der Waals surface area (Å²) in [6.07, 6.45) is 4.60. The predicted octanol–water partition coefficient (Wildman–Crippen LogP) is 1.36. The van der Waals surface area contributed by atoms with Crippen LogP contribution in [-0.4, -0.2) is 22.5 Å². The number of nitrogens with zero attached hydrogens (tertiary/aromatic N) is 2. The molecule has 1 aromatic heterocycles. The number of hydrogen-bond donors (Lipinski definition) is 0. The van der Waals surface area contributed by atoms with Gasteiger partial charge in [-0.25, -0.2) is 14.8 Å². The van der Waals surface area contributed by atoms with Crippen molar-refractivity contribution in [2.45, 2.75) is 13.8 Å². The average molecular weight is 192 g/mol. The SMILES string of the molecule is CCOC(=O)/C=C/c1ccnc(C)n1. The second-order valence-electron chi connectivity index (χ2n) is 2.61. The lowest BCUT2D eigenvalue weighted by atomic mass is 10.3. The molecule has 0 saturated heterocycles. The second-order valence-corrected chi connectivity index (χ2v) is 2.61. The van der Waals surface area contributed by atoms with E-state index >= 15 is 0 Å². The number of aromatic nitrogens is 2. The zero-order valence-electron chi connectivity index (χ0n) is 8.23. The van der Waals surface area contributed by atoms with E-state index in [1.165, 1.54) is 6.08 Å². The van der Waals surface area contributed by atoms with E-state index in [1.807, 2.05) is 0 Å². The molecular formula is C10H12N2O2. The fourth-order valence-corrected chi connectivity index (χ4v) is 0.911. The first-order valence-corrected chi connectivity index (χ1v) is 4.37. The van der Waals surface area contributed by atoms with Gasteiger partial charge in [0, 0.05) is 12.3 Å². The molecule has 0 aliphatic carbocycles. The van der Waals surface area contributed by atoms with Crippen molar-refractivity contribution in [2.24, 2.45) is 0 Å². The Hall–Kier alpha value is -1.71. The third kappa shape index (κ3) is 3.35. The summed E-state index contributed by atoms with van der Waals surface area (Å²) < 4.78 is 4.72. The molecule has 0 aliphatic rings. The molecule has 0 unspecified atom stereocenters. The van der Waals surface area contributed by atoms with Crippen molar-refractivity contribution in [3.8, 4) is 0 Å². The average Bonchev–Trinajstić information content (AvgIpc) is 2.15. The zero-order chi connectivity index (χ0) is 10.4. The van der Waals surface area contributed by atoms with Gasteiger partial charge in [0.2, 0.25) is 0 Å². The summed E-state index contributed by atoms with van der Waals surface area (Å²) in [5.41, 5.74) is 0.700. The first-order chi connectivity index (χ1) is 6.72. The monoisotopic (exact) mass is 192 g/mol. The third-order valence-electron chi connectivity index (χ3n) is 1.47. The Balaban J connectivity index is 2.64. The van der Waals surface area contributed by atoms with Crippen molar-refractivity contribution >= 4 is 12.0 Å². The molecule has 0 bridgehead atoms. The van der Waals surface area contributed by atoms with Crippen molar-refractivity contribution in [1.29, 1.82) is 0 Å².